The van der Waals surface area contributed by atoms with Crippen molar-refractivity contribution in [1.29, 1.82) is 0 Å². The molecule has 0 atom stereocenters. The van der Waals surface area contributed by atoms with E-state index in [0.29, 0.717) is 16.1 Å². The van der Waals surface area contributed by atoms with E-state index in [1.165, 1.54) is 12.1 Å². The Morgan fingerprint density at radius 1 is 1.28 bits per heavy atom. The molecule has 18 heavy (non-hydrogen) atoms. The monoisotopic (exact) mass is 349 g/mol. The number of hydrogen-bond acceptors (Lipinski definition) is 2. The lowest BCUT2D eigenvalue weighted by Crippen LogP contribution is -2.02. The summed E-state index contributed by atoms with van der Waals surface area (Å²) in [5.41, 5.74) is 0.579. The molecule has 3 rings (SSSR count). The molecule has 1 aliphatic rings. The zero-order valence-electron chi connectivity index (χ0n) is 9.00. The van der Waals surface area contributed by atoms with Crippen LogP contribution in [0.5, 0.6) is 0 Å². The molecular weight excluding hydrogens is 344 g/mol. The average molecular weight is 351 g/mol. The summed E-state index contributed by atoms with van der Waals surface area (Å²) in [6.07, 6.45) is 2.12. The van der Waals surface area contributed by atoms with E-state index in [9.17, 15) is 4.39 Å². The Kier molecular flexibility index (Phi) is 3.08. The van der Waals surface area contributed by atoms with Gasteiger partial charge in [0.05, 0.1) is 10.7 Å². The van der Waals surface area contributed by atoms with Crippen LogP contribution in [0.15, 0.2) is 16.6 Å². The molecule has 1 saturated carbocycles. The molecular formula is C11H7BrCl2FN3. The average Bonchev–Trinajstić information content (AvgIpc) is 3.04. The van der Waals surface area contributed by atoms with Crippen molar-refractivity contribution in [3.63, 3.8) is 0 Å². The zero-order chi connectivity index (χ0) is 12.9. The third-order valence-corrected chi connectivity index (χ3v) is 3.93. The predicted molar refractivity (Wildman–Crippen MR) is 71.0 cm³/mol. The normalized spacial score (nSPS) is 15.1. The summed E-state index contributed by atoms with van der Waals surface area (Å²) in [5.74, 6) is 0.722. The Labute approximate surface area is 121 Å². The minimum Gasteiger partial charge on any atom is -0.267 e. The fourth-order valence-electron chi connectivity index (χ4n) is 1.84. The standard InChI is InChI=1S/C11H7BrCl2FN3/c12-7-3-6(15)4-8(13)9(7)18-10(5-1-2-5)16-17-11(18)14/h3-5H,1-2H2. The van der Waals surface area contributed by atoms with Crippen LogP contribution in [0.1, 0.15) is 24.6 Å². The summed E-state index contributed by atoms with van der Waals surface area (Å²) < 4.78 is 15.4. The maximum absolute atomic E-state index is 13.2. The molecule has 1 aromatic carbocycles. The molecule has 1 heterocycles. The molecule has 0 aliphatic heterocycles. The highest BCUT2D eigenvalue weighted by Crippen LogP contribution is 2.42. The quantitative estimate of drug-likeness (QED) is 0.805. The smallest absolute Gasteiger partial charge is 0.229 e. The molecule has 3 nitrogen and oxygen atoms in total. The molecule has 0 spiro atoms. The second-order valence-corrected chi connectivity index (χ2v) is 5.75. The Morgan fingerprint density at radius 2 is 2.00 bits per heavy atom. The molecule has 1 fully saturated rings. The van der Waals surface area contributed by atoms with Gasteiger partial charge in [-0.05, 0) is 52.5 Å². The van der Waals surface area contributed by atoms with E-state index in [-0.39, 0.29) is 10.3 Å². The van der Waals surface area contributed by atoms with Crippen LogP contribution in [0.25, 0.3) is 5.69 Å². The van der Waals surface area contributed by atoms with Crippen LogP contribution in [-0.4, -0.2) is 14.8 Å². The molecule has 1 aromatic heterocycles. The van der Waals surface area contributed by atoms with Gasteiger partial charge < -0.3 is 0 Å². The van der Waals surface area contributed by atoms with E-state index in [1.54, 1.807) is 4.57 Å². The lowest BCUT2D eigenvalue weighted by atomic mass is 10.3. The van der Waals surface area contributed by atoms with E-state index in [2.05, 4.69) is 26.1 Å². The Balaban J connectivity index is 2.23. The number of halogens is 4. The third-order valence-electron chi connectivity index (χ3n) is 2.80. The van der Waals surface area contributed by atoms with Crippen molar-refractivity contribution in [2.45, 2.75) is 18.8 Å². The second-order valence-electron chi connectivity index (χ2n) is 4.15. The van der Waals surface area contributed by atoms with E-state index < -0.39 is 5.82 Å². The molecule has 2 aromatic rings. The van der Waals surface area contributed by atoms with Crippen LogP contribution in [0, 0.1) is 5.82 Å². The largest absolute Gasteiger partial charge is 0.267 e. The van der Waals surface area contributed by atoms with Crippen LogP contribution in [0.4, 0.5) is 4.39 Å². The van der Waals surface area contributed by atoms with Gasteiger partial charge in [-0.25, -0.2) is 4.39 Å². The van der Waals surface area contributed by atoms with E-state index in [4.69, 9.17) is 23.2 Å². The van der Waals surface area contributed by atoms with E-state index in [1.807, 2.05) is 0 Å². The summed E-state index contributed by atoms with van der Waals surface area (Å²) >= 11 is 15.4. The summed E-state index contributed by atoms with van der Waals surface area (Å²) in [6, 6.07) is 2.59. The van der Waals surface area contributed by atoms with Crippen molar-refractivity contribution in [1.82, 2.24) is 14.8 Å². The molecule has 0 radical (unpaired) electrons. The summed E-state index contributed by atoms with van der Waals surface area (Å²) in [6.45, 7) is 0. The second kappa shape index (κ2) is 4.47. The molecule has 0 amide bonds. The Bertz CT molecular complexity index is 602. The van der Waals surface area contributed by atoms with Crippen molar-refractivity contribution < 1.29 is 4.39 Å². The van der Waals surface area contributed by atoms with Crippen LogP contribution in [0.3, 0.4) is 0 Å². The maximum atomic E-state index is 13.2. The molecule has 94 valence electrons. The van der Waals surface area contributed by atoms with Gasteiger partial charge in [0.2, 0.25) is 5.28 Å². The van der Waals surface area contributed by atoms with Gasteiger partial charge in [0.25, 0.3) is 0 Å². The van der Waals surface area contributed by atoms with Crippen molar-refractivity contribution in [3.05, 3.63) is 38.6 Å². The first-order valence-electron chi connectivity index (χ1n) is 5.33. The Morgan fingerprint density at radius 3 is 2.61 bits per heavy atom. The minimum absolute atomic E-state index is 0.228. The number of nitrogens with zero attached hydrogens (tertiary/aromatic N) is 3. The molecule has 0 unspecified atom stereocenters. The third kappa shape index (κ3) is 2.04. The van der Waals surface area contributed by atoms with Gasteiger partial charge in [0, 0.05) is 10.4 Å². The van der Waals surface area contributed by atoms with Crippen molar-refractivity contribution >= 4 is 39.1 Å². The first-order valence-corrected chi connectivity index (χ1v) is 6.88. The van der Waals surface area contributed by atoms with Gasteiger partial charge in [-0.1, -0.05) is 11.6 Å². The first kappa shape index (κ1) is 12.4. The van der Waals surface area contributed by atoms with Crippen LogP contribution in [0.2, 0.25) is 10.3 Å². The summed E-state index contributed by atoms with van der Waals surface area (Å²) in [4.78, 5) is 0. The fourth-order valence-corrected chi connectivity index (χ4v) is 3.06. The number of hydrogen-bond donors (Lipinski definition) is 0. The predicted octanol–water partition coefficient (Wildman–Crippen LogP) is 4.35. The van der Waals surface area contributed by atoms with Crippen LogP contribution < -0.4 is 0 Å². The van der Waals surface area contributed by atoms with Gasteiger partial charge in [0.15, 0.2) is 0 Å². The van der Waals surface area contributed by atoms with E-state index in [0.717, 1.165) is 18.7 Å². The summed E-state index contributed by atoms with van der Waals surface area (Å²) in [7, 11) is 0. The lowest BCUT2D eigenvalue weighted by Gasteiger charge is -2.11. The molecule has 7 heteroatoms. The molecule has 0 N–H and O–H groups in total. The van der Waals surface area contributed by atoms with Gasteiger partial charge in [-0.15, -0.1) is 10.2 Å². The number of benzene rings is 1. The minimum atomic E-state index is -0.409. The molecule has 0 bridgehead atoms. The highest BCUT2D eigenvalue weighted by atomic mass is 79.9. The highest BCUT2D eigenvalue weighted by molar-refractivity contribution is 9.10. The summed E-state index contributed by atoms with van der Waals surface area (Å²) in [5, 5.41) is 8.43. The Hall–Kier alpha value is -0.650. The molecule has 0 saturated heterocycles. The van der Waals surface area contributed by atoms with Gasteiger partial charge in [-0.3, -0.25) is 4.57 Å². The number of aromatic nitrogens is 3. The van der Waals surface area contributed by atoms with Gasteiger partial charge >= 0.3 is 0 Å². The highest BCUT2D eigenvalue weighted by Gasteiger charge is 2.31. The van der Waals surface area contributed by atoms with Crippen molar-refractivity contribution in [3.8, 4) is 5.69 Å². The maximum Gasteiger partial charge on any atom is 0.229 e. The van der Waals surface area contributed by atoms with Crippen molar-refractivity contribution in [2.75, 3.05) is 0 Å². The topological polar surface area (TPSA) is 30.7 Å². The lowest BCUT2D eigenvalue weighted by molar-refractivity contribution is 0.626. The first-order chi connectivity index (χ1) is 8.58. The zero-order valence-corrected chi connectivity index (χ0v) is 12.1. The molecule has 1 aliphatic carbocycles. The number of rotatable bonds is 2. The SMILES string of the molecule is Fc1cc(Cl)c(-n2c(Cl)nnc2C2CC2)c(Br)c1. The fraction of sp³-hybridized carbons (Fsp3) is 0.273. The van der Waals surface area contributed by atoms with Crippen molar-refractivity contribution in [2.24, 2.45) is 0 Å². The van der Waals surface area contributed by atoms with Gasteiger partial charge in [0.1, 0.15) is 11.6 Å². The van der Waals surface area contributed by atoms with E-state index >= 15 is 0 Å². The van der Waals surface area contributed by atoms with Crippen LogP contribution in [-0.2, 0) is 0 Å². The van der Waals surface area contributed by atoms with Gasteiger partial charge in [-0.2, -0.15) is 0 Å². The van der Waals surface area contributed by atoms with Crippen LogP contribution >= 0.6 is 39.1 Å².